The second-order valence-electron chi connectivity index (χ2n) is 36.0. The lowest BCUT2D eigenvalue weighted by molar-refractivity contribution is -0.138. The summed E-state index contributed by atoms with van der Waals surface area (Å²) in [5.41, 5.74) is 7.16. The first-order valence-electron chi connectivity index (χ1n) is 39.6. The molecule has 25 heteroatoms. The molecule has 4 amide bonds. The molecule has 590 valence electrons. The number of nitrogens with two attached hydrogens (primary N) is 1. The van der Waals surface area contributed by atoms with Crippen molar-refractivity contribution < 1.29 is 62.3 Å². The Morgan fingerprint density at radius 3 is 1.34 bits per heavy atom. The van der Waals surface area contributed by atoms with Crippen molar-refractivity contribution in [1.29, 1.82) is 0 Å². The highest BCUT2D eigenvalue weighted by molar-refractivity contribution is 5.89. The second-order valence-corrected chi connectivity index (χ2v) is 36.0. The van der Waals surface area contributed by atoms with E-state index < -0.39 is 33.8 Å². The first kappa shape index (κ1) is 80.7. The smallest absolute Gasteiger partial charge is 0.410 e. The van der Waals surface area contributed by atoms with Crippen LogP contribution >= 0.6 is 0 Å². The van der Waals surface area contributed by atoms with Gasteiger partial charge in [0.1, 0.15) is 28.2 Å². The summed E-state index contributed by atoms with van der Waals surface area (Å²) in [6, 6.07) is 32.2. The Balaban J connectivity index is 0.000000150. The molecule has 3 aliphatic heterocycles. The van der Waals surface area contributed by atoms with Crippen LogP contribution < -0.4 is 16.4 Å². The Bertz CT molecular complexity index is 3810. The minimum absolute atomic E-state index is 0.0983. The van der Waals surface area contributed by atoms with E-state index in [0.717, 1.165) is 102 Å². The monoisotopic (exact) mass is 1490 g/mol. The van der Waals surface area contributed by atoms with Gasteiger partial charge in [-0.15, -0.1) is 0 Å². The SMILES string of the molecule is CC(C)(C)OC(=O)N(CC1(C(N)=NO)CC1)[C@H]1CC1c1ccccc1.CC(C)(C)OC(=O)N1CCC(CC(=O)O)CC1.CC(C)(C)OC(=O)N1CCC(Cc2nc(C3(CN(C(=O)OC(C)(C)C)[C@H]4CC4c4ccccc4)CC3)no2)CC1.c1ccc(C2C[C@@H]2NCC2(c3noc(CC4CCNCC4)n3)CC2)cc1. The Morgan fingerprint density at radius 1 is 0.546 bits per heavy atom. The molecule has 25 nitrogen and oxygen atoms in total. The highest BCUT2D eigenvalue weighted by Gasteiger charge is 2.57. The van der Waals surface area contributed by atoms with Crippen molar-refractivity contribution in [3.05, 3.63) is 131 Å². The van der Waals surface area contributed by atoms with Crippen molar-refractivity contribution in [3.63, 3.8) is 0 Å². The lowest BCUT2D eigenvalue weighted by Gasteiger charge is -2.33. The van der Waals surface area contributed by atoms with Gasteiger partial charge in [-0.3, -0.25) is 4.79 Å². The van der Waals surface area contributed by atoms with E-state index in [9.17, 15) is 24.0 Å². The summed E-state index contributed by atoms with van der Waals surface area (Å²) in [5, 5.41) is 36.9. The molecule has 0 bridgehead atoms. The molecule has 9 fully saturated rings. The summed E-state index contributed by atoms with van der Waals surface area (Å²) < 4.78 is 33.6. The van der Waals surface area contributed by atoms with Crippen LogP contribution in [0.25, 0.3) is 0 Å². The number of hydrogen-bond acceptors (Lipinski definition) is 19. The molecule has 2 aromatic heterocycles. The molecule has 14 rings (SSSR count). The van der Waals surface area contributed by atoms with Crippen LogP contribution in [0.5, 0.6) is 0 Å². The average Bonchev–Trinajstić information content (AvgIpc) is 1.60. The van der Waals surface area contributed by atoms with Crippen molar-refractivity contribution in [2.24, 2.45) is 34.1 Å². The van der Waals surface area contributed by atoms with Gasteiger partial charge in [-0.25, -0.2) is 19.2 Å². The lowest BCUT2D eigenvalue weighted by Crippen LogP contribution is -2.45. The van der Waals surface area contributed by atoms with E-state index >= 15 is 0 Å². The molecular formula is C83H120N12O13. The Morgan fingerprint density at radius 2 is 0.944 bits per heavy atom. The fraction of sp³-hybridized carbons (Fsp3) is 0.663. The molecule has 6 atom stereocenters. The number of aromatic nitrogens is 4. The van der Waals surface area contributed by atoms with Gasteiger partial charge >= 0.3 is 30.3 Å². The third kappa shape index (κ3) is 23.1. The largest absolute Gasteiger partial charge is 0.481 e. The second kappa shape index (κ2) is 33.9. The zero-order chi connectivity index (χ0) is 77.4. The number of carboxylic acid groups (broad SMARTS) is 1. The highest BCUT2D eigenvalue weighted by Crippen LogP contribution is 2.54. The topological polar surface area (TPSA) is 316 Å². The summed E-state index contributed by atoms with van der Waals surface area (Å²) in [5.74, 6) is 5.10. The third-order valence-corrected chi connectivity index (χ3v) is 22.2. The third-order valence-electron chi connectivity index (χ3n) is 22.2. The molecular weight excluding hydrogens is 1370 g/mol. The number of nitrogens with one attached hydrogen (secondary N) is 2. The molecule has 3 saturated heterocycles. The molecule has 0 radical (unpaired) electrons. The number of hydrogen-bond donors (Lipinski definition) is 5. The van der Waals surface area contributed by atoms with Crippen molar-refractivity contribution in [3.8, 4) is 0 Å². The van der Waals surface area contributed by atoms with Gasteiger partial charge in [0.25, 0.3) is 0 Å². The van der Waals surface area contributed by atoms with Crippen molar-refractivity contribution in [2.75, 3.05) is 58.9 Å². The van der Waals surface area contributed by atoms with Crippen molar-refractivity contribution in [2.45, 2.75) is 268 Å². The van der Waals surface area contributed by atoms with E-state index in [4.69, 9.17) is 54.0 Å². The van der Waals surface area contributed by atoms with Crippen LogP contribution in [0.1, 0.15) is 244 Å². The lowest BCUT2D eigenvalue weighted by atomic mass is 9.94. The van der Waals surface area contributed by atoms with Gasteiger partial charge in [0.05, 0.1) is 5.41 Å². The molecule has 6 N–H and O–H groups in total. The molecule has 0 spiro atoms. The van der Waals surface area contributed by atoms with Crippen molar-refractivity contribution >= 4 is 36.2 Å². The van der Waals surface area contributed by atoms with Crippen LogP contribution in [-0.2, 0) is 47.4 Å². The number of carbonyl (C=O) groups is 5. The summed E-state index contributed by atoms with van der Waals surface area (Å²) in [6.45, 7) is 29.1. The molecule has 6 aliphatic carbocycles. The number of piperidine rings is 3. The van der Waals surface area contributed by atoms with Gasteiger partial charge in [-0.05, 0) is 227 Å². The first-order valence-corrected chi connectivity index (χ1v) is 39.6. The predicted molar refractivity (Wildman–Crippen MR) is 408 cm³/mol. The van der Waals surface area contributed by atoms with Gasteiger partial charge < -0.3 is 74.3 Å². The zero-order valence-corrected chi connectivity index (χ0v) is 65.9. The van der Waals surface area contributed by atoms with Crippen LogP contribution in [0.3, 0.4) is 0 Å². The quantitative estimate of drug-likeness (QED) is 0.0150. The number of aliphatic carboxylic acids is 1. The number of ether oxygens (including phenoxy) is 4. The Labute approximate surface area is 637 Å². The summed E-state index contributed by atoms with van der Waals surface area (Å²) in [4.78, 5) is 77.6. The van der Waals surface area contributed by atoms with Crippen LogP contribution in [-0.4, -0.2) is 186 Å². The van der Waals surface area contributed by atoms with Gasteiger partial charge in [0, 0.05) is 112 Å². The number of carboxylic acids is 1. The van der Waals surface area contributed by atoms with Crippen molar-refractivity contribution in [1.82, 2.24) is 50.5 Å². The number of carbonyl (C=O) groups excluding carboxylic acids is 4. The van der Waals surface area contributed by atoms with Crippen LogP contribution in [0.15, 0.2) is 105 Å². The number of amides is 4. The van der Waals surface area contributed by atoms with Gasteiger partial charge in [0.15, 0.2) is 11.6 Å². The fourth-order valence-corrected chi connectivity index (χ4v) is 15.1. The standard InChI is InChI=1S/C31H44N4O5.C21H28N4O.C19H27N3O3.C12H21NO4/c1-29(2,3)38-27(36)34-16-12-21(13-17-34)18-25-32-26(33-40-25)31(14-15-31)20-35(28(37)39-30(4,5)6)24-19-23(24)22-10-8-7-9-11-22;1-2-4-16(5-3-1)17-13-18(17)23-14-21(8-9-21)20-24-19(26-25-20)12-15-6-10-22-11-7-15;1-18(2,3)25-17(23)22(12-19(9-10-19)16(20)21-24)15-11-14(15)13-7-5-4-6-8-13;1-12(2,3)17-11(16)13-6-4-9(5-7-13)8-10(14)15/h7-11,21,23-24H,12-20H2,1-6H3;1-5,15,17-18,22-23H,6-14H2;4-8,14-15,24H,9-12H2,1-3H3,(H2,20,21);9H,4-8H2,1-3H3,(H,14,15)/t23?,24-;17?,18-;14?,15-;/m000./s1. The molecule has 3 unspecified atom stereocenters. The summed E-state index contributed by atoms with van der Waals surface area (Å²) >= 11 is 0. The molecule has 6 saturated carbocycles. The maximum absolute atomic E-state index is 13.4. The molecule has 5 aromatic rings. The predicted octanol–water partition coefficient (Wildman–Crippen LogP) is 14.3. The number of benzene rings is 3. The van der Waals surface area contributed by atoms with Gasteiger partial charge in [-0.2, -0.15) is 9.97 Å². The molecule has 108 heavy (non-hydrogen) atoms. The summed E-state index contributed by atoms with van der Waals surface area (Å²) in [6.07, 6.45) is 15.3. The number of amidine groups is 1. The van der Waals surface area contributed by atoms with E-state index in [0.29, 0.717) is 93.0 Å². The Hall–Kier alpha value is -8.32. The highest BCUT2D eigenvalue weighted by atomic mass is 16.6. The minimum atomic E-state index is -0.763. The first-order chi connectivity index (χ1) is 51.2. The van der Waals surface area contributed by atoms with E-state index in [2.05, 4.69) is 80.7 Å². The van der Waals surface area contributed by atoms with E-state index in [1.165, 1.54) is 48.8 Å². The van der Waals surface area contributed by atoms with Gasteiger partial charge in [-0.1, -0.05) is 106 Å². The average molecular weight is 1490 g/mol. The molecule has 9 aliphatic rings. The number of nitrogens with zero attached hydrogens (tertiary/aromatic N) is 9. The maximum atomic E-state index is 13.4. The summed E-state index contributed by atoms with van der Waals surface area (Å²) in [7, 11) is 0. The number of rotatable bonds is 21. The van der Waals surface area contributed by atoms with Crippen LogP contribution in [0.2, 0.25) is 0 Å². The normalized spacial score (nSPS) is 23.4. The van der Waals surface area contributed by atoms with Crippen LogP contribution in [0.4, 0.5) is 19.2 Å². The number of oxime groups is 1. The van der Waals surface area contributed by atoms with Gasteiger partial charge in [0.2, 0.25) is 11.8 Å². The Kier molecular flexibility index (Phi) is 25.3. The number of likely N-dealkylation sites (tertiary alicyclic amines) is 2. The van der Waals surface area contributed by atoms with E-state index in [-0.39, 0.29) is 65.5 Å². The van der Waals surface area contributed by atoms with E-state index in [1.54, 1.807) is 14.7 Å². The van der Waals surface area contributed by atoms with Crippen LogP contribution in [0, 0.1) is 23.2 Å². The zero-order valence-electron chi connectivity index (χ0n) is 65.9. The fourth-order valence-electron chi connectivity index (χ4n) is 15.1. The molecule has 5 heterocycles. The maximum Gasteiger partial charge on any atom is 0.410 e. The minimum Gasteiger partial charge on any atom is -0.481 e. The molecule has 3 aromatic carbocycles. The van der Waals surface area contributed by atoms with E-state index in [1.807, 2.05) is 124 Å².